The molecule has 66 valence electrons. The van der Waals surface area contributed by atoms with Gasteiger partial charge in [-0.05, 0) is 18.3 Å². The number of halogens is 1. The first-order valence-electron chi connectivity index (χ1n) is 3.78. The number of isothiocyanates is 1. The van der Waals surface area contributed by atoms with Crippen molar-refractivity contribution in [3.8, 4) is 0 Å². The highest BCUT2D eigenvalue weighted by atomic mass is 35.5. The van der Waals surface area contributed by atoms with Crippen LogP contribution in [0.25, 0.3) is 6.08 Å². The van der Waals surface area contributed by atoms with Gasteiger partial charge >= 0.3 is 0 Å². The SMILES string of the molecule is S=C=Nc1ccccc1C=CCCl. The lowest BCUT2D eigenvalue weighted by molar-refractivity contribution is 1.52. The summed E-state index contributed by atoms with van der Waals surface area (Å²) in [6.45, 7) is 0. The van der Waals surface area contributed by atoms with Crippen LogP contribution in [-0.4, -0.2) is 11.0 Å². The van der Waals surface area contributed by atoms with Gasteiger partial charge in [0.25, 0.3) is 0 Å². The molecule has 0 fully saturated rings. The number of alkyl halides is 1. The molecule has 0 aromatic heterocycles. The number of allylic oxidation sites excluding steroid dienone is 1. The van der Waals surface area contributed by atoms with Crippen LogP contribution in [-0.2, 0) is 0 Å². The van der Waals surface area contributed by atoms with Gasteiger partial charge in [0.1, 0.15) is 0 Å². The number of para-hydroxylation sites is 1. The zero-order valence-electron chi connectivity index (χ0n) is 6.90. The third-order valence-corrected chi connectivity index (χ3v) is 1.76. The van der Waals surface area contributed by atoms with E-state index >= 15 is 0 Å². The van der Waals surface area contributed by atoms with Crippen LogP contribution in [0.15, 0.2) is 35.3 Å². The van der Waals surface area contributed by atoms with Crippen molar-refractivity contribution in [2.45, 2.75) is 0 Å². The smallest absolute Gasteiger partial charge is 0.0811 e. The molecule has 1 aromatic carbocycles. The largest absolute Gasteiger partial charge is 0.194 e. The predicted molar refractivity (Wildman–Crippen MR) is 60.9 cm³/mol. The lowest BCUT2D eigenvalue weighted by Crippen LogP contribution is -1.73. The summed E-state index contributed by atoms with van der Waals surface area (Å²) in [5, 5.41) is 2.34. The maximum absolute atomic E-state index is 5.53. The third-order valence-electron chi connectivity index (χ3n) is 1.49. The van der Waals surface area contributed by atoms with Gasteiger partial charge in [-0.15, -0.1) is 11.6 Å². The fourth-order valence-corrected chi connectivity index (χ4v) is 1.14. The van der Waals surface area contributed by atoms with E-state index in [9.17, 15) is 0 Å². The zero-order chi connectivity index (χ0) is 9.52. The van der Waals surface area contributed by atoms with Crippen LogP contribution in [0.1, 0.15) is 5.56 Å². The van der Waals surface area contributed by atoms with Crippen molar-refractivity contribution in [2.24, 2.45) is 4.99 Å². The minimum atomic E-state index is 0.496. The molecule has 0 saturated carbocycles. The maximum atomic E-state index is 5.53. The summed E-state index contributed by atoms with van der Waals surface area (Å²) in [6, 6.07) is 7.68. The summed E-state index contributed by atoms with van der Waals surface area (Å²) in [4.78, 5) is 3.93. The molecule has 1 rings (SSSR count). The van der Waals surface area contributed by atoms with Gasteiger partial charge in [0.15, 0.2) is 0 Å². The molecule has 0 N–H and O–H groups in total. The zero-order valence-corrected chi connectivity index (χ0v) is 8.48. The van der Waals surface area contributed by atoms with Gasteiger partial charge in [-0.25, -0.2) is 0 Å². The Hall–Kier alpha value is -0.950. The minimum Gasteiger partial charge on any atom is -0.194 e. The summed E-state index contributed by atoms with van der Waals surface area (Å²) in [6.07, 6.45) is 3.78. The topological polar surface area (TPSA) is 12.4 Å². The number of hydrogen-bond acceptors (Lipinski definition) is 2. The van der Waals surface area contributed by atoms with Crippen LogP contribution in [0.2, 0.25) is 0 Å². The third kappa shape index (κ3) is 3.11. The average Bonchev–Trinajstić information content (AvgIpc) is 2.17. The molecule has 1 nitrogen and oxygen atoms in total. The molecule has 0 aliphatic rings. The van der Waals surface area contributed by atoms with E-state index < -0.39 is 0 Å². The van der Waals surface area contributed by atoms with Gasteiger partial charge in [0, 0.05) is 11.4 Å². The van der Waals surface area contributed by atoms with Crippen LogP contribution in [0.4, 0.5) is 5.69 Å². The Labute approximate surface area is 87.8 Å². The highest BCUT2D eigenvalue weighted by Gasteiger charge is 1.93. The van der Waals surface area contributed by atoms with Crippen molar-refractivity contribution >= 4 is 40.7 Å². The molecule has 0 radical (unpaired) electrons. The Morgan fingerprint density at radius 3 is 2.92 bits per heavy atom. The molecule has 0 aliphatic heterocycles. The van der Waals surface area contributed by atoms with Gasteiger partial charge in [-0.3, -0.25) is 0 Å². The average molecular weight is 210 g/mol. The van der Waals surface area contributed by atoms with Gasteiger partial charge in [0.2, 0.25) is 0 Å². The summed E-state index contributed by atoms with van der Waals surface area (Å²) < 4.78 is 0. The van der Waals surface area contributed by atoms with Crippen molar-refractivity contribution in [3.05, 3.63) is 35.9 Å². The summed E-state index contributed by atoms with van der Waals surface area (Å²) in [5.74, 6) is 0.496. The van der Waals surface area contributed by atoms with E-state index in [-0.39, 0.29) is 0 Å². The lowest BCUT2D eigenvalue weighted by atomic mass is 10.2. The van der Waals surface area contributed by atoms with Gasteiger partial charge in [-0.1, -0.05) is 30.4 Å². The van der Waals surface area contributed by atoms with Crippen LogP contribution < -0.4 is 0 Å². The molecule has 0 aliphatic carbocycles. The van der Waals surface area contributed by atoms with E-state index in [2.05, 4.69) is 22.4 Å². The molecule has 0 unspecified atom stereocenters. The molecule has 1 aromatic rings. The number of thiocarbonyl (C=S) groups is 1. The summed E-state index contributed by atoms with van der Waals surface area (Å²) >= 11 is 10.1. The van der Waals surface area contributed by atoms with E-state index in [0.29, 0.717) is 5.88 Å². The quantitative estimate of drug-likeness (QED) is 0.420. The van der Waals surface area contributed by atoms with Crippen LogP contribution in [0.3, 0.4) is 0 Å². The Balaban J connectivity index is 3.04. The van der Waals surface area contributed by atoms with E-state index in [0.717, 1.165) is 11.3 Å². The molecule has 13 heavy (non-hydrogen) atoms. The fourth-order valence-electron chi connectivity index (χ4n) is 0.951. The van der Waals surface area contributed by atoms with Gasteiger partial charge < -0.3 is 0 Å². The van der Waals surface area contributed by atoms with Gasteiger partial charge in [0.05, 0.1) is 10.8 Å². The molecule has 0 bridgehead atoms. The first kappa shape index (κ1) is 10.1. The Morgan fingerprint density at radius 1 is 1.46 bits per heavy atom. The number of benzene rings is 1. The van der Waals surface area contributed by atoms with Crippen molar-refractivity contribution in [3.63, 3.8) is 0 Å². The van der Waals surface area contributed by atoms with Gasteiger partial charge in [-0.2, -0.15) is 4.99 Å². The number of aliphatic imine (C=N–C) groups is 1. The molecule has 0 spiro atoms. The molecule has 0 heterocycles. The van der Waals surface area contributed by atoms with E-state index in [1.54, 1.807) is 0 Å². The van der Waals surface area contributed by atoms with Crippen LogP contribution in [0, 0.1) is 0 Å². The summed E-state index contributed by atoms with van der Waals surface area (Å²) in [5.41, 5.74) is 1.82. The van der Waals surface area contributed by atoms with Crippen LogP contribution in [0.5, 0.6) is 0 Å². The maximum Gasteiger partial charge on any atom is 0.0811 e. The molecular formula is C10H8ClNS. The predicted octanol–water partition coefficient (Wildman–Crippen LogP) is 3.67. The first-order valence-corrected chi connectivity index (χ1v) is 4.72. The molecule has 3 heteroatoms. The van der Waals surface area contributed by atoms with E-state index in [4.69, 9.17) is 11.6 Å². The van der Waals surface area contributed by atoms with Crippen molar-refractivity contribution < 1.29 is 0 Å². The highest BCUT2D eigenvalue weighted by Crippen LogP contribution is 2.19. The second-order valence-electron chi connectivity index (χ2n) is 2.32. The fraction of sp³-hybridized carbons (Fsp3) is 0.100. The van der Waals surface area contributed by atoms with Crippen molar-refractivity contribution in [1.82, 2.24) is 0 Å². The van der Waals surface area contributed by atoms with Crippen LogP contribution >= 0.6 is 23.8 Å². The molecular weight excluding hydrogens is 202 g/mol. The van der Waals surface area contributed by atoms with Crippen molar-refractivity contribution in [1.29, 1.82) is 0 Å². The second-order valence-corrected chi connectivity index (χ2v) is 2.81. The second kappa shape index (κ2) is 5.65. The monoisotopic (exact) mass is 209 g/mol. The van der Waals surface area contributed by atoms with E-state index in [1.807, 2.05) is 36.4 Å². The number of hydrogen-bond donors (Lipinski definition) is 0. The molecule has 0 amide bonds. The Bertz CT molecular complexity index is 354. The number of nitrogens with zero attached hydrogens (tertiary/aromatic N) is 1. The lowest BCUT2D eigenvalue weighted by Gasteiger charge is -1.96. The number of rotatable bonds is 3. The first-order chi connectivity index (χ1) is 6.38. The van der Waals surface area contributed by atoms with E-state index in [1.165, 1.54) is 0 Å². The molecule has 0 saturated heterocycles. The standard InChI is InChI=1S/C10H8ClNS/c11-7-3-5-9-4-1-2-6-10(9)12-8-13/h1-6H,7H2. The minimum absolute atomic E-state index is 0.496. The van der Waals surface area contributed by atoms with Crippen molar-refractivity contribution in [2.75, 3.05) is 5.88 Å². The Morgan fingerprint density at radius 2 is 2.23 bits per heavy atom. The molecule has 0 atom stereocenters. The highest BCUT2D eigenvalue weighted by molar-refractivity contribution is 7.78. The Kier molecular flexibility index (Phi) is 4.41. The normalized spacial score (nSPS) is 9.92. The summed E-state index contributed by atoms with van der Waals surface area (Å²) in [7, 11) is 0.